The number of aliphatic hydroxyl groups excluding tert-OH is 1. The molecule has 0 radical (unpaired) electrons. The fraction of sp³-hybridized carbons (Fsp3) is 0.647. The molecule has 0 bridgehead atoms. The molecule has 3 nitrogen and oxygen atoms in total. The van der Waals surface area contributed by atoms with E-state index in [0.717, 1.165) is 23.8 Å². The zero-order chi connectivity index (χ0) is 14.5. The number of aliphatic hydroxyl groups is 1. The smallest absolute Gasteiger partial charge is 0.123 e. The van der Waals surface area contributed by atoms with Crippen LogP contribution < -0.4 is 4.74 Å². The maximum absolute atomic E-state index is 9.30. The Morgan fingerprint density at radius 2 is 2.05 bits per heavy atom. The second kappa shape index (κ2) is 7.09. The van der Waals surface area contributed by atoms with Crippen LogP contribution in [0, 0.1) is 5.92 Å². The van der Waals surface area contributed by atoms with Gasteiger partial charge < -0.3 is 9.84 Å². The van der Waals surface area contributed by atoms with Crippen LogP contribution in [-0.2, 0) is 13.2 Å². The van der Waals surface area contributed by atoms with E-state index in [1.54, 1.807) is 7.11 Å². The number of nitrogens with zero attached hydrogens (tertiary/aromatic N) is 1. The Balaban J connectivity index is 2.11. The second-order valence-electron chi connectivity index (χ2n) is 6.05. The highest BCUT2D eigenvalue weighted by Crippen LogP contribution is 2.30. The van der Waals surface area contributed by atoms with Crippen molar-refractivity contribution < 1.29 is 9.84 Å². The standard InChI is InChI=1S/C17H27NO2/c1-13-6-4-5-7-16(13)18(2)11-15-10-14(12-19)8-9-17(15)20-3/h8-10,13,16,19H,4-7,11-12H2,1-3H3. The lowest BCUT2D eigenvalue weighted by Gasteiger charge is -2.36. The molecule has 0 amide bonds. The molecule has 1 saturated carbocycles. The van der Waals surface area contributed by atoms with Crippen molar-refractivity contribution in [3.63, 3.8) is 0 Å². The topological polar surface area (TPSA) is 32.7 Å². The van der Waals surface area contributed by atoms with Crippen molar-refractivity contribution in [2.45, 2.75) is 51.8 Å². The van der Waals surface area contributed by atoms with Gasteiger partial charge in [0.15, 0.2) is 0 Å². The zero-order valence-corrected chi connectivity index (χ0v) is 12.9. The first-order valence-corrected chi connectivity index (χ1v) is 7.62. The summed E-state index contributed by atoms with van der Waals surface area (Å²) in [5, 5.41) is 9.30. The SMILES string of the molecule is COc1ccc(CO)cc1CN(C)C1CCCCC1C. The number of methoxy groups -OCH3 is 1. The van der Waals surface area contributed by atoms with E-state index in [1.165, 1.54) is 31.2 Å². The summed E-state index contributed by atoms with van der Waals surface area (Å²) in [7, 11) is 3.91. The van der Waals surface area contributed by atoms with Crippen LogP contribution in [0.3, 0.4) is 0 Å². The molecule has 3 heteroatoms. The molecule has 0 saturated heterocycles. The van der Waals surface area contributed by atoms with Crippen molar-refractivity contribution in [1.29, 1.82) is 0 Å². The first kappa shape index (κ1) is 15.3. The molecule has 2 unspecified atom stereocenters. The summed E-state index contributed by atoms with van der Waals surface area (Å²) >= 11 is 0. The van der Waals surface area contributed by atoms with Crippen LogP contribution in [0.15, 0.2) is 18.2 Å². The summed E-state index contributed by atoms with van der Waals surface area (Å²) in [6, 6.07) is 6.60. The summed E-state index contributed by atoms with van der Waals surface area (Å²) < 4.78 is 5.45. The van der Waals surface area contributed by atoms with Crippen LogP contribution in [0.1, 0.15) is 43.7 Å². The Morgan fingerprint density at radius 3 is 2.70 bits per heavy atom. The lowest BCUT2D eigenvalue weighted by Crippen LogP contribution is -2.38. The van der Waals surface area contributed by atoms with Gasteiger partial charge in [-0.1, -0.05) is 25.8 Å². The summed E-state index contributed by atoms with van der Waals surface area (Å²) in [6.07, 6.45) is 5.34. The van der Waals surface area contributed by atoms with Gasteiger partial charge in [0.2, 0.25) is 0 Å². The zero-order valence-electron chi connectivity index (χ0n) is 12.9. The molecule has 0 spiro atoms. The third-order valence-corrected chi connectivity index (χ3v) is 4.58. The molecule has 1 aromatic rings. The van der Waals surface area contributed by atoms with E-state index < -0.39 is 0 Å². The van der Waals surface area contributed by atoms with E-state index in [0.29, 0.717) is 6.04 Å². The van der Waals surface area contributed by atoms with E-state index >= 15 is 0 Å². The van der Waals surface area contributed by atoms with Gasteiger partial charge in [-0.15, -0.1) is 0 Å². The molecule has 1 aliphatic rings. The molecule has 0 heterocycles. The summed E-state index contributed by atoms with van der Waals surface area (Å²) in [4.78, 5) is 2.45. The van der Waals surface area contributed by atoms with Gasteiger partial charge in [0.25, 0.3) is 0 Å². The summed E-state index contributed by atoms with van der Waals surface area (Å²) in [5.41, 5.74) is 2.12. The first-order valence-electron chi connectivity index (χ1n) is 7.62. The van der Waals surface area contributed by atoms with Crippen molar-refractivity contribution in [2.75, 3.05) is 14.2 Å². The van der Waals surface area contributed by atoms with E-state index in [9.17, 15) is 5.11 Å². The van der Waals surface area contributed by atoms with Gasteiger partial charge in [-0.3, -0.25) is 4.90 Å². The summed E-state index contributed by atoms with van der Waals surface area (Å²) in [5.74, 6) is 1.68. The predicted molar refractivity (Wildman–Crippen MR) is 81.8 cm³/mol. The van der Waals surface area contributed by atoms with E-state index in [1.807, 2.05) is 12.1 Å². The lowest BCUT2D eigenvalue weighted by atomic mass is 9.85. The number of hydrogen-bond acceptors (Lipinski definition) is 3. The van der Waals surface area contributed by atoms with Gasteiger partial charge in [-0.25, -0.2) is 0 Å². The van der Waals surface area contributed by atoms with Gasteiger partial charge in [-0.05, 0) is 43.5 Å². The minimum absolute atomic E-state index is 0.0839. The normalized spacial score (nSPS) is 23.1. The maximum atomic E-state index is 9.30. The second-order valence-corrected chi connectivity index (χ2v) is 6.05. The molecule has 1 N–H and O–H groups in total. The Kier molecular flexibility index (Phi) is 5.44. The number of ether oxygens (including phenoxy) is 1. The van der Waals surface area contributed by atoms with Crippen LogP contribution in [0.25, 0.3) is 0 Å². The molecule has 2 atom stereocenters. The Hall–Kier alpha value is -1.06. The minimum Gasteiger partial charge on any atom is -0.496 e. The monoisotopic (exact) mass is 277 g/mol. The van der Waals surface area contributed by atoms with Crippen LogP contribution in [0.4, 0.5) is 0 Å². The van der Waals surface area contributed by atoms with Crippen LogP contribution in [-0.4, -0.2) is 30.2 Å². The molecule has 20 heavy (non-hydrogen) atoms. The van der Waals surface area contributed by atoms with Crippen LogP contribution >= 0.6 is 0 Å². The molecule has 1 aromatic carbocycles. The lowest BCUT2D eigenvalue weighted by molar-refractivity contribution is 0.132. The molecular weight excluding hydrogens is 250 g/mol. The molecular formula is C17H27NO2. The third-order valence-electron chi connectivity index (χ3n) is 4.58. The van der Waals surface area contributed by atoms with E-state index in [4.69, 9.17) is 4.74 Å². The molecule has 1 fully saturated rings. The molecule has 112 valence electrons. The van der Waals surface area contributed by atoms with Crippen molar-refractivity contribution >= 4 is 0 Å². The van der Waals surface area contributed by atoms with Crippen LogP contribution in [0.2, 0.25) is 0 Å². The van der Waals surface area contributed by atoms with Gasteiger partial charge in [0.1, 0.15) is 5.75 Å². The van der Waals surface area contributed by atoms with Gasteiger partial charge in [-0.2, -0.15) is 0 Å². The van der Waals surface area contributed by atoms with Gasteiger partial charge in [0.05, 0.1) is 13.7 Å². The van der Waals surface area contributed by atoms with Crippen molar-refractivity contribution in [1.82, 2.24) is 4.90 Å². The highest BCUT2D eigenvalue weighted by atomic mass is 16.5. The number of hydrogen-bond donors (Lipinski definition) is 1. The predicted octanol–water partition coefficient (Wildman–Crippen LogP) is 3.20. The fourth-order valence-electron chi connectivity index (χ4n) is 3.39. The Bertz CT molecular complexity index is 433. The van der Waals surface area contributed by atoms with Gasteiger partial charge in [0, 0.05) is 18.2 Å². The quantitative estimate of drug-likeness (QED) is 0.897. The third kappa shape index (κ3) is 3.53. The molecule has 0 aromatic heterocycles. The average molecular weight is 277 g/mol. The highest BCUT2D eigenvalue weighted by Gasteiger charge is 2.25. The summed E-state index contributed by atoms with van der Waals surface area (Å²) in [6.45, 7) is 3.33. The number of rotatable bonds is 5. The average Bonchev–Trinajstić information content (AvgIpc) is 2.47. The molecule has 2 rings (SSSR count). The largest absolute Gasteiger partial charge is 0.496 e. The maximum Gasteiger partial charge on any atom is 0.123 e. The van der Waals surface area contributed by atoms with Crippen molar-refractivity contribution in [2.24, 2.45) is 5.92 Å². The van der Waals surface area contributed by atoms with Crippen molar-refractivity contribution in [3.05, 3.63) is 29.3 Å². The van der Waals surface area contributed by atoms with E-state index in [2.05, 4.69) is 24.9 Å². The van der Waals surface area contributed by atoms with Gasteiger partial charge >= 0.3 is 0 Å². The minimum atomic E-state index is 0.0839. The number of benzene rings is 1. The molecule has 1 aliphatic carbocycles. The first-order chi connectivity index (χ1) is 9.65. The Morgan fingerprint density at radius 1 is 1.30 bits per heavy atom. The molecule has 0 aliphatic heterocycles. The van der Waals surface area contributed by atoms with Crippen LogP contribution in [0.5, 0.6) is 5.75 Å². The fourth-order valence-corrected chi connectivity index (χ4v) is 3.39. The Labute approximate surface area is 122 Å². The highest BCUT2D eigenvalue weighted by molar-refractivity contribution is 5.37. The van der Waals surface area contributed by atoms with Crippen molar-refractivity contribution in [3.8, 4) is 5.75 Å². The van der Waals surface area contributed by atoms with E-state index in [-0.39, 0.29) is 6.61 Å².